The van der Waals surface area contributed by atoms with Crippen LogP contribution >= 0.6 is 0 Å². The van der Waals surface area contributed by atoms with E-state index in [1.54, 1.807) is 5.57 Å². The SMILES string of the molecule is CCCC[C@H](C)C[C@H](O)/C=C/[C@@H]1[C@H]2CC(CCCCN3CCCC3)=C[C@H]2C[C@H]1O. The van der Waals surface area contributed by atoms with Gasteiger partial charge in [-0.15, -0.1) is 0 Å². The molecule has 0 spiro atoms. The molecule has 6 atom stereocenters. The molecule has 0 bridgehead atoms. The van der Waals surface area contributed by atoms with Crippen LogP contribution in [0.5, 0.6) is 0 Å². The largest absolute Gasteiger partial charge is 0.392 e. The normalized spacial score (nSPS) is 32.1. The van der Waals surface area contributed by atoms with Crippen molar-refractivity contribution in [2.24, 2.45) is 23.7 Å². The van der Waals surface area contributed by atoms with Crippen molar-refractivity contribution in [3.05, 3.63) is 23.8 Å². The smallest absolute Gasteiger partial charge is 0.0723 e. The number of aliphatic hydroxyl groups excluding tert-OH is 2. The predicted molar refractivity (Wildman–Crippen MR) is 122 cm³/mol. The van der Waals surface area contributed by atoms with Crippen LogP contribution in [0.2, 0.25) is 0 Å². The van der Waals surface area contributed by atoms with Gasteiger partial charge in [-0.3, -0.25) is 0 Å². The van der Waals surface area contributed by atoms with Crippen LogP contribution in [0.3, 0.4) is 0 Å². The molecule has 1 saturated carbocycles. The average molecular weight is 404 g/mol. The van der Waals surface area contributed by atoms with Crippen molar-refractivity contribution >= 4 is 0 Å². The molecule has 2 N–H and O–H groups in total. The Morgan fingerprint density at radius 3 is 2.76 bits per heavy atom. The van der Waals surface area contributed by atoms with Crippen LogP contribution in [0, 0.1) is 23.7 Å². The molecule has 0 aromatic carbocycles. The number of rotatable bonds is 12. The van der Waals surface area contributed by atoms with E-state index in [1.807, 2.05) is 6.08 Å². The second kappa shape index (κ2) is 11.7. The Labute approximate surface area is 179 Å². The van der Waals surface area contributed by atoms with E-state index < -0.39 is 0 Å². The number of aliphatic hydroxyl groups is 2. The summed E-state index contributed by atoms with van der Waals surface area (Å²) in [7, 11) is 0. The van der Waals surface area contributed by atoms with E-state index in [-0.39, 0.29) is 18.1 Å². The zero-order chi connectivity index (χ0) is 20.6. The molecule has 0 aromatic rings. The van der Waals surface area contributed by atoms with E-state index in [1.165, 1.54) is 71.0 Å². The Morgan fingerprint density at radius 1 is 1.21 bits per heavy atom. The van der Waals surface area contributed by atoms with Crippen molar-refractivity contribution in [3.8, 4) is 0 Å². The minimum Gasteiger partial charge on any atom is -0.392 e. The summed E-state index contributed by atoms with van der Waals surface area (Å²) in [5.41, 5.74) is 1.63. The van der Waals surface area contributed by atoms with Gasteiger partial charge >= 0.3 is 0 Å². The van der Waals surface area contributed by atoms with Gasteiger partial charge in [0.15, 0.2) is 0 Å². The molecule has 0 aromatic heterocycles. The molecule has 1 heterocycles. The summed E-state index contributed by atoms with van der Waals surface area (Å²) in [4.78, 5) is 2.61. The van der Waals surface area contributed by atoms with Gasteiger partial charge in [0.2, 0.25) is 0 Å². The first kappa shape index (κ1) is 23.0. The van der Waals surface area contributed by atoms with E-state index in [2.05, 4.69) is 30.9 Å². The van der Waals surface area contributed by atoms with Crippen molar-refractivity contribution in [2.75, 3.05) is 19.6 Å². The van der Waals surface area contributed by atoms with Crippen molar-refractivity contribution in [2.45, 2.75) is 96.7 Å². The third-order valence-corrected chi connectivity index (χ3v) is 7.62. The monoisotopic (exact) mass is 403 g/mol. The lowest BCUT2D eigenvalue weighted by atomic mass is 9.88. The van der Waals surface area contributed by atoms with Gasteiger partial charge in [0.25, 0.3) is 0 Å². The summed E-state index contributed by atoms with van der Waals surface area (Å²) in [5.74, 6) is 1.89. The van der Waals surface area contributed by atoms with Gasteiger partial charge in [0, 0.05) is 5.92 Å². The lowest BCUT2D eigenvalue weighted by molar-refractivity contribution is 0.139. The Balaban J connectivity index is 1.39. The molecule has 2 fully saturated rings. The molecule has 0 amide bonds. The Bertz CT molecular complexity index is 537. The fraction of sp³-hybridized carbons (Fsp3) is 0.846. The molecular weight excluding hydrogens is 358 g/mol. The summed E-state index contributed by atoms with van der Waals surface area (Å²) in [6.07, 6.45) is 19.2. The summed E-state index contributed by atoms with van der Waals surface area (Å²) >= 11 is 0. The molecule has 1 aliphatic heterocycles. The van der Waals surface area contributed by atoms with Crippen LogP contribution in [-0.4, -0.2) is 47.0 Å². The van der Waals surface area contributed by atoms with Gasteiger partial charge in [-0.05, 0) is 88.8 Å². The Morgan fingerprint density at radius 2 is 2.00 bits per heavy atom. The molecule has 3 heteroatoms. The first-order valence-corrected chi connectivity index (χ1v) is 12.5. The van der Waals surface area contributed by atoms with Crippen molar-refractivity contribution < 1.29 is 10.2 Å². The van der Waals surface area contributed by atoms with Crippen LogP contribution < -0.4 is 0 Å². The summed E-state index contributed by atoms with van der Waals surface area (Å²) in [6.45, 7) is 8.35. The molecule has 3 rings (SSSR count). The van der Waals surface area contributed by atoms with Crippen molar-refractivity contribution in [1.82, 2.24) is 4.90 Å². The lowest BCUT2D eigenvalue weighted by Gasteiger charge is -2.20. The summed E-state index contributed by atoms with van der Waals surface area (Å²) in [6, 6.07) is 0. The average Bonchev–Trinajstić information content (AvgIpc) is 3.39. The number of likely N-dealkylation sites (tertiary alicyclic amines) is 1. The third-order valence-electron chi connectivity index (χ3n) is 7.62. The summed E-state index contributed by atoms with van der Waals surface area (Å²) < 4.78 is 0. The topological polar surface area (TPSA) is 43.7 Å². The highest BCUT2D eigenvalue weighted by atomic mass is 16.3. The molecule has 1 saturated heterocycles. The van der Waals surface area contributed by atoms with Crippen LogP contribution in [0.25, 0.3) is 0 Å². The van der Waals surface area contributed by atoms with E-state index in [4.69, 9.17) is 0 Å². The van der Waals surface area contributed by atoms with E-state index in [0.717, 1.165) is 19.3 Å². The second-order valence-corrected chi connectivity index (χ2v) is 10.2. The van der Waals surface area contributed by atoms with Crippen LogP contribution in [-0.2, 0) is 0 Å². The van der Waals surface area contributed by atoms with Gasteiger partial charge in [0.1, 0.15) is 0 Å². The van der Waals surface area contributed by atoms with Crippen LogP contribution in [0.4, 0.5) is 0 Å². The molecule has 0 unspecified atom stereocenters. The second-order valence-electron chi connectivity index (χ2n) is 10.2. The summed E-state index contributed by atoms with van der Waals surface area (Å²) in [5, 5.41) is 21.0. The van der Waals surface area contributed by atoms with Crippen molar-refractivity contribution in [1.29, 1.82) is 0 Å². The predicted octanol–water partition coefficient (Wildman–Crippen LogP) is 5.33. The van der Waals surface area contributed by atoms with E-state index in [9.17, 15) is 10.2 Å². The molecule has 3 aliphatic rings. The highest BCUT2D eigenvalue weighted by Crippen LogP contribution is 2.48. The highest BCUT2D eigenvalue weighted by Gasteiger charge is 2.43. The first-order chi connectivity index (χ1) is 14.1. The number of unbranched alkanes of at least 4 members (excludes halogenated alkanes) is 2. The molecule has 0 radical (unpaired) electrons. The quantitative estimate of drug-likeness (QED) is 0.342. The standard InChI is InChI=1S/C26H45NO2/c1-3-4-9-20(2)16-23(28)11-12-24-25-18-21(17-22(25)19-26(24)29)10-5-6-13-27-14-7-8-15-27/h11-12,17,20,22-26,28-29H,3-10,13-16,18-19H2,1-2H3/b12-11+/t20-,22-,23+,24+,25-,26+/m0/s1. The highest BCUT2D eigenvalue weighted by molar-refractivity contribution is 5.21. The van der Waals surface area contributed by atoms with Crippen molar-refractivity contribution in [3.63, 3.8) is 0 Å². The molecule has 29 heavy (non-hydrogen) atoms. The maximum atomic E-state index is 10.6. The number of allylic oxidation sites excluding steroid dienone is 2. The number of nitrogens with zero attached hydrogens (tertiary/aromatic N) is 1. The van der Waals surface area contributed by atoms with Gasteiger partial charge in [-0.25, -0.2) is 0 Å². The zero-order valence-corrected chi connectivity index (χ0v) is 18.9. The third kappa shape index (κ3) is 6.94. The minimum atomic E-state index is -0.368. The first-order valence-electron chi connectivity index (χ1n) is 12.5. The molecule has 2 aliphatic carbocycles. The Kier molecular flexibility index (Phi) is 9.27. The lowest BCUT2D eigenvalue weighted by Crippen LogP contribution is -2.20. The van der Waals surface area contributed by atoms with Gasteiger partial charge in [0.05, 0.1) is 12.2 Å². The fourth-order valence-electron chi connectivity index (χ4n) is 5.90. The maximum absolute atomic E-state index is 10.6. The number of fused-ring (bicyclic) bond motifs is 1. The molecule has 166 valence electrons. The molecule has 3 nitrogen and oxygen atoms in total. The molecular formula is C26H45NO2. The van der Waals surface area contributed by atoms with Crippen LogP contribution in [0.15, 0.2) is 23.8 Å². The number of hydrogen-bond acceptors (Lipinski definition) is 3. The van der Waals surface area contributed by atoms with Crippen LogP contribution in [0.1, 0.15) is 84.5 Å². The van der Waals surface area contributed by atoms with E-state index >= 15 is 0 Å². The zero-order valence-electron chi connectivity index (χ0n) is 18.9. The minimum absolute atomic E-state index is 0.221. The van der Waals surface area contributed by atoms with Gasteiger partial charge in [-0.2, -0.15) is 0 Å². The Hall–Kier alpha value is -0.640. The fourth-order valence-corrected chi connectivity index (χ4v) is 5.90. The van der Waals surface area contributed by atoms with Gasteiger partial charge in [-0.1, -0.05) is 56.9 Å². The number of hydrogen-bond donors (Lipinski definition) is 2. The van der Waals surface area contributed by atoms with Gasteiger partial charge < -0.3 is 15.1 Å². The van der Waals surface area contributed by atoms with E-state index in [0.29, 0.717) is 17.8 Å². The maximum Gasteiger partial charge on any atom is 0.0723 e.